The van der Waals surface area contributed by atoms with E-state index in [1.54, 1.807) is 11.7 Å². The van der Waals surface area contributed by atoms with Gasteiger partial charge in [-0.05, 0) is 36.3 Å². The van der Waals surface area contributed by atoms with Gasteiger partial charge < -0.3 is 9.64 Å². The Morgan fingerprint density at radius 1 is 1.27 bits per heavy atom. The first-order valence-electron chi connectivity index (χ1n) is 10.1. The second-order valence-electron chi connectivity index (χ2n) is 7.58. The Balaban J connectivity index is 1.61. The molecule has 0 atom stereocenters. The molecule has 2 aromatic heterocycles. The maximum absolute atomic E-state index is 13.2. The van der Waals surface area contributed by atoms with Crippen LogP contribution in [-0.4, -0.2) is 46.3 Å². The van der Waals surface area contributed by atoms with Gasteiger partial charge in [-0.2, -0.15) is 0 Å². The number of likely N-dealkylation sites (tertiary alicyclic amines) is 1. The number of hydrogen-bond donors (Lipinski definition) is 0. The van der Waals surface area contributed by atoms with Crippen molar-refractivity contribution in [2.45, 2.75) is 31.5 Å². The summed E-state index contributed by atoms with van der Waals surface area (Å²) in [6.45, 7) is 4.20. The molecule has 1 aromatic carbocycles. The molecule has 0 spiro atoms. The maximum atomic E-state index is 13.2. The summed E-state index contributed by atoms with van der Waals surface area (Å²) >= 11 is 2.73. The minimum Gasteiger partial charge on any atom is -0.496 e. The minimum absolute atomic E-state index is 0.0809. The van der Waals surface area contributed by atoms with E-state index in [9.17, 15) is 9.59 Å². The lowest BCUT2D eigenvalue weighted by Crippen LogP contribution is -2.39. The van der Waals surface area contributed by atoms with Crippen LogP contribution in [0.3, 0.4) is 0 Å². The normalized spacial score (nSPS) is 14.9. The number of benzene rings is 1. The highest BCUT2D eigenvalue weighted by atomic mass is 32.2. The lowest BCUT2D eigenvalue weighted by Gasteiger charge is -2.30. The van der Waals surface area contributed by atoms with Gasteiger partial charge in [-0.1, -0.05) is 36.9 Å². The number of rotatable bonds is 6. The lowest BCUT2D eigenvalue weighted by molar-refractivity contribution is -0.129. The van der Waals surface area contributed by atoms with Gasteiger partial charge in [0.25, 0.3) is 5.56 Å². The molecule has 1 fully saturated rings. The largest absolute Gasteiger partial charge is 0.496 e. The minimum atomic E-state index is -0.0809. The molecule has 0 saturated carbocycles. The SMILES string of the molecule is COc1ccccc1Cn1c(SCC(=O)N2CCC(C)CC2)nc2ccsc2c1=O. The molecule has 1 aliphatic rings. The van der Waals surface area contributed by atoms with Gasteiger partial charge in [-0.15, -0.1) is 11.3 Å². The van der Waals surface area contributed by atoms with Crippen LogP contribution in [0.15, 0.2) is 45.7 Å². The molecule has 1 amide bonds. The molecule has 0 bridgehead atoms. The fourth-order valence-corrected chi connectivity index (χ4v) is 5.33. The van der Waals surface area contributed by atoms with E-state index in [0.717, 1.165) is 37.2 Å². The van der Waals surface area contributed by atoms with Crippen LogP contribution < -0.4 is 10.3 Å². The molecule has 0 aliphatic carbocycles. The van der Waals surface area contributed by atoms with Gasteiger partial charge in [-0.25, -0.2) is 4.98 Å². The van der Waals surface area contributed by atoms with Crippen molar-refractivity contribution >= 4 is 39.2 Å². The van der Waals surface area contributed by atoms with Crippen LogP contribution >= 0.6 is 23.1 Å². The third-order valence-corrected chi connectivity index (χ3v) is 7.37. The first kappa shape index (κ1) is 20.9. The number of nitrogens with zero attached hydrogens (tertiary/aromatic N) is 3. The summed E-state index contributed by atoms with van der Waals surface area (Å²) in [5, 5.41) is 2.44. The monoisotopic (exact) mass is 443 g/mol. The fraction of sp³-hybridized carbons (Fsp3) is 0.409. The summed E-state index contributed by atoms with van der Waals surface area (Å²) in [6, 6.07) is 9.50. The van der Waals surface area contributed by atoms with Gasteiger partial charge in [0.15, 0.2) is 5.16 Å². The summed E-state index contributed by atoms with van der Waals surface area (Å²) in [4.78, 5) is 32.5. The molecule has 4 rings (SSSR count). The number of carbonyl (C=O) groups excluding carboxylic acids is 1. The number of carbonyl (C=O) groups is 1. The topological polar surface area (TPSA) is 64.4 Å². The second kappa shape index (κ2) is 9.22. The number of thioether (sulfide) groups is 1. The molecule has 1 saturated heterocycles. The van der Waals surface area contributed by atoms with Crippen LogP contribution in [0.25, 0.3) is 10.2 Å². The Morgan fingerprint density at radius 2 is 2.03 bits per heavy atom. The molecule has 158 valence electrons. The van der Waals surface area contributed by atoms with Crippen molar-refractivity contribution in [1.82, 2.24) is 14.5 Å². The summed E-state index contributed by atoms with van der Waals surface area (Å²) < 4.78 is 7.74. The van der Waals surface area contributed by atoms with E-state index < -0.39 is 0 Å². The van der Waals surface area contributed by atoms with Gasteiger partial charge in [0.05, 0.1) is 24.9 Å². The van der Waals surface area contributed by atoms with Gasteiger partial charge >= 0.3 is 0 Å². The third kappa shape index (κ3) is 4.39. The summed E-state index contributed by atoms with van der Waals surface area (Å²) in [5.41, 5.74) is 1.50. The van der Waals surface area contributed by atoms with Crippen LogP contribution in [0.4, 0.5) is 0 Å². The van der Waals surface area contributed by atoms with Crippen molar-refractivity contribution in [2.24, 2.45) is 5.92 Å². The van der Waals surface area contributed by atoms with Gasteiger partial charge in [-0.3, -0.25) is 14.2 Å². The molecule has 3 heterocycles. The van der Waals surface area contributed by atoms with Crippen LogP contribution in [0.5, 0.6) is 5.75 Å². The number of amides is 1. The predicted molar refractivity (Wildman–Crippen MR) is 122 cm³/mol. The maximum Gasteiger partial charge on any atom is 0.272 e. The lowest BCUT2D eigenvalue weighted by atomic mass is 9.99. The molecule has 6 nitrogen and oxygen atoms in total. The molecule has 0 radical (unpaired) electrons. The number of ether oxygens (including phenoxy) is 1. The number of fused-ring (bicyclic) bond motifs is 1. The predicted octanol–water partition coefficient (Wildman–Crippen LogP) is 3.87. The van der Waals surface area contributed by atoms with Crippen molar-refractivity contribution in [2.75, 3.05) is 26.0 Å². The molecule has 3 aromatic rings. The Bertz CT molecular complexity index is 1100. The highest BCUT2D eigenvalue weighted by molar-refractivity contribution is 7.99. The zero-order valence-corrected chi connectivity index (χ0v) is 18.8. The zero-order chi connectivity index (χ0) is 21.1. The molecule has 8 heteroatoms. The summed E-state index contributed by atoms with van der Waals surface area (Å²) in [5.74, 6) is 1.79. The van der Waals surface area contributed by atoms with Gasteiger partial charge in [0.2, 0.25) is 5.91 Å². The van der Waals surface area contributed by atoms with E-state index in [1.807, 2.05) is 40.6 Å². The van der Waals surface area contributed by atoms with Gasteiger partial charge in [0, 0.05) is 18.7 Å². The van der Waals surface area contributed by atoms with Crippen molar-refractivity contribution < 1.29 is 9.53 Å². The highest BCUT2D eigenvalue weighted by Crippen LogP contribution is 2.25. The Labute approximate surface area is 183 Å². The molecule has 0 N–H and O–H groups in total. The van der Waals surface area contributed by atoms with Crippen molar-refractivity contribution in [3.63, 3.8) is 0 Å². The van der Waals surface area contributed by atoms with E-state index in [2.05, 4.69) is 6.92 Å². The molecular formula is C22H25N3O3S2. The van der Waals surface area contributed by atoms with E-state index in [0.29, 0.717) is 27.8 Å². The fourth-order valence-electron chi connectivity index (χ4n) is 3.65. The number of aromatic nitrogens is 2. The van der Waals surface area contributed by atoms with Gasteiger partial charge in [0.1, 0.15) is 10.4 Å². The average molecular weight is 444 g/mol. The molecule has 30 heavy (non-hydrogen) atoms. The van der Waals surface area contributed by atoms with Crippen LogP contribution in [-0.2, 0) is 11.3 Å². The standard InChI is InChI=1S/C22H25N3O3S2/c1-15-7-10-24(11-8-15)19(26)14-30-22-23-17-9-12-29-20(17)21(27)25(22)13-16-5-3-4-6-18(16)28-2/h3-6,9,12,15H,7-8,10-11,13-14H2,1-2H3. The Morgan fingerprint density at radius 3 is 2.80 bits per heavy atom. The zero-order valence-electron chi connectivity index (χ0n) is 17.2. The Hall–Kier alpha value is -2.32. The molecular weight excluding hydrogens is 418 g/mol. The molecule has 1 aliphatic heterocycles. The average Bonchev–Trinajstić information content (AvgIpc) is 3.24. The quantitative estimate of drug-likeness (QED) is 0.428. The van der Waals surface area contributed by atoms with Crippen molar-refractivity contribution in [1.29, 1.82) is 0 Å². The smallest absolute Gasteiger partial charge is 0.272 e. The van der Waals surface area contributed by atoms with Crippen LogP contribution in [0.2, 0.25) is 0 Å². The number of hydrogen-bond acceptors (Lipinski definition) is 6. The van der Waals surface area contributed by atoms with E-state index in [-0.39, 0.29) is 17.2 Å². The first-order valence-corrected chi connectivity index (χ1v) is 11.9. The number of para-hydroxylation sites is 1. The van der Waals surface area contributed by atoms with Crippen LogP contribution in [0.1, 0.15) is 25.3 Å². The molecule has 0 unspecified atom stereocenters. The Kier molecular flexibility index (Phi) is 6.43. The second-order valence-corrected chi connectivity index (χ2v) is 9.44. The number of thiophene rings is 1. The van der Waals surface area contributed by atoms with Crippen LogP contribution in [0, 0.1) is 5.92 Å². The summed E-state index contributed by atoms with van der Waals surface area (Å²) in [7, 11) is 1.62. The summed E-state index contributed by atoms with van der Waals surface area (Å²) in [6.07, 6.45) is 2.10. The van der Waals surface area contributed by atoms with E-state index in [1.165, 1.54) is 23.1 Å². The van der Waals surface area contributed by atoms with Crippen molar-refractivity contribution in [3.8, 4) is 5.75 Å². The number of methoxy groups -OCH3 is 1. The first-order chi connectivity index (χ1) is 14.6. The third-order valence-electron chi connectivity index (χ3n) is 5.51. The van der Waals surface area contributed by atoms with Crippen molar-refractivity contribution in [3.05, 3.63) is 51.6 Å². The number of piperidine rings is 1. The van der Waals surface area contributed by atoms with E-state index in [4.69, 9.17) is 9.72 Å². The highest BCUT2D eigenvalue weighted by Gasteiger charge is 2.22. The van der Waals surface area contributed by atoms with E-state index >= 15 is 0 Å².